The van der Waals surface area contributed by atoms with Gasteiger partial charge < -0.3 is 15.5 Å². The lowest BCUT2D eigenvalue weighted by Crippen LogP contribution is -2.44. The number of urea groups is 1. The van der Waals surface area contributed by atoms with Gasteiger partial charge in [0, 0.05) is 11.2 Å². The predicted octanol–water partition coefficient (Wildman–Crippen LogP) is 3.89. The Morgan fingerprint density at radius 2 is 1.77 bits per heavy atom. The first kappa shape index (κ1) is 25.5. The maximum Gasteiger partial charge on any atom is 0.493 e. The van der Waals surface area contributed by atoms with Crippen LogP contribution in [0.3, 0.4) is 0 Å². The number of hydrogen-bond donors (Lipinski definition) is 2. The zero-order valence-electron chi connectivity index (χ0n) is 19.3. The van der Waals surface area contributed by atoms with Crippen molar-refractivity contribution in [3.63, 3.8) is 0 Å². The smallest absolute Gasteiger partial charge is 0.312 e. The second-order valence-corrected chi connectivity index (χ2v) is 10.8. The normalized spacial score (nSPS) is 21.7. The molecule has 1 aromatic rings. The fraction of sp³-hybridized carbons (Fsp3) is 0.565. The Labute approximate surface area is 201 Å². The van der Waals surface area contributed by atoms with Gasteiger partial charge in [-0.3, -0.25) is 0 Å². The molecule has 1 saturated heterocycles. The first-order chi connectivity index (χ1) is 16.5. The van der Waals surface area contributed by atoms with E-state index in [-0.39, 0.29) is 0 Å². The third-order valence-electron chi connectivity index (χ3n) is 6.97. The summed E-state index contributed by atoms with van der Waals surface area (Å²) in [6.45, 7) is 2.48. The van der Waals surface area contributed by atoms with Crippen molar-refractivity contribution < 1.29 is 36.0 Å². The number of alkyl halides is 3. The van der Waals surface area contributed by atoms with Gasteiger partial charge in [0.05, 0.1) is 5.41 Å². The number of rotatable bonds is 5. The zero-order valence-corrected chi connectivity index (χ0v) is 20.2. The number of nitrogens with zero attached hydrogens (tertiary/aromatic N) is 1. The van der Waals surface area contributed by atoms with Gasteiger partial charge in [0.2, 0.25) is 0 Å². The van der Waals surface area contributed by atoms with Gasteiger partial charge in [0.15, 0.2) is 0 Å². The number of hydrogen-bond acceptors (Lipinski definition) is 6. The summed E-state index contributed by atoms with van der Waals surface area (Å²) in [5, 5.41) is 6.26. The van der Waals surface area contributed by atoms with Crippen molar-refractivity contribution in [2.24, 2.45) is 0 Å². The van der Waals surface area contributed by atoms with Crippen LogP contribution in [0.15, 0.2) is 17.6 Å². The van der Waals surface area contributed by atoms with Crippen LogP contribution in [0.25, 0.3) is 0 Å². The maximum atomic E-state index is 13.1. The highest BCUT2D eigenvalue weighted by atomic mass is 32.2. The topological polar surface area (TPSA) is 105 Å². The molecule has 1 aliphatic heterocycles. The molecule has 192 valence electrons. The Balaban J connectivity index is 1.67. The summed E-state index contributed by atoms with van der Waals surface area (Å²) < 4.78 is 64.4. The summed E-state index contributed by atoms with van der Waals surface area (Å²) in [5.74, 6) is -2.81. The van der Waals surface area contributed by atoms with Crippen LogP contribution in [-0.2, 0) is 45.3 Å². The molecule has 0 bridgehead atoms. The molecule has 0 unspecified atom stereocenters. The molecule has 0 saturated carbocycles. The number of amides is 2. The number of aryl methyl sites for hydroxylation is 2. The molecule has 0 radical (unpaired) electrons. The van der Waals surface area contributed by atoms with Crippen LogP contribution in [0.1, 0.15) is 61.3 Å². The zero-order chi connectivity index (χ0) is 25.4. The largest absolute Gasteiger partial charge is 0.493 e. The third-order valence-corrected chi connectivity index (χ3v) is 8.15. The molecule has 1 atom stereocenters. The minimum absolute atomic E-state index is 0.409. The van der Waals surface area contributed by atoms with Gasteiger partial charge in [0.25, 0.3) is 10.0 Å². The Morgan fingerprint density at radius 3 is 2.29 bits per heavy atom. The Morgan fingerprint density at radius 1 is 1.14 bits per heavy atom. The molecule has 1 heterocycles. The third kappa shape index (κ3) is 5.18. The molecule has 2 N–H and O–H groups in total. The van der Waals surface area contributed by atoms with Crippen LogP contribution >= 0.6 is 0 Å². The quantitative estimate of drug-likeness (QED) is 0.577. The summed E-state index contributed by atoms with van der Waals surface area (Å²) in [6, 6.07) is 0.603. The van der Waals surface area contributed by atoms with Crippen LogP contribution in [0, 0.1) is 0 Å². The number of halogens is 3. The molecule has 35 heavy (non-hydrogen) atoms. The number of anilines is 1. The number of benzene rings is 1. The second-order valence-electron chi connectivity index (χ2n) is 9.16. The molecule has 4 rings (SSSR count). The molecule has 1 fully saturated rings. The highest BCUT2D eigenvalue weighted by Crippen LogP contribution is 2.39. The molecular weight excluding hydrogens is 487 g/mol. The average Bonchev–Trinajstić information content (AvgIpc) is 3.55. The number of fused-ring (bicyclic) bond motifs is 2. The van der Waals surface area contributed by atoms with Crippen molar-refractivity contribution in [2.75, 3.05) is 11.9 Å². The average molecular weight is 516 g/mol. The fourth-order valence-electron chi connectivity index (χ4n) is 5.12. The van der Waals surface area contributed by atoms with Crippen LogP contribution in [0.5, 0.6) is 0 Å². The van der Waals surface area contributed by atoms with Crippen molar-refractivity contribution >= 4 is 27.7 Å². The van der Waals surface area contributed by atoms with Crippen LogP contribution in [0.2, 0.25) is 0 Å². The predicted molar refractivity (Wildman–Crippen MR) is 122 cm³/mol. The lowest BCUT2D eigenvalue weighted by atomic mass is 9.95. The number of carbonyl (C=O) groups excluding carboxylic acids is 2. The van der Waals surface area contributed by atoms with Gasteiger partial charge in [-0.15, -0.1) is 0 Å². The fourth-order valence-corrected chi connectivity index (χ4v) is 6.11. The van der Waals surface area contributed by atoms with Crippen molar-refractivity contribution in [3.8, 4) is 0 Å². The molecule has 2 amide bonds. The molecule has 1 aromatic carbocycles. The summed E-state index contributed by atoms with van der Waals surface area (Å²) in [6.07, 6.45) is 2.33. The van der Waals surface area contributed by atoms with E-state index < -0.39 is 38.2 Å². The minimum Gasteiger partial charge on any atom is -0.312 e. The molecular formula is C23H28F3N3O5S. The van der Waals surface area contributed by atoms with Crippen LogP contribution < -0.4 is 10.6 Å². The van der Waals surface area contributed by atoms with Gasteiger partial charge in [-0.25, -0.2) is 9.59 Å². The molecule has 8 nitrogen and oxygen atoms in total. The summed E-state index contributed by atoms with van der Waals surface area (Å²) in [7, 11) is -4.90. The second kappa shape index (κ2) is 9.45. The van der Waals surface area contributed by atoms with Crippen LogP contribution in [-0.4, -0.2) is 43.1 Å². The van der Waals surface area contributed by atoms with E-state index in [1.807, 2.05) is 6.92 Å². The van der Waals surface area contributed by atoms with Crippen LogP contribution in [0.4, 0.5) is 23.7 Å². The monoisotopic (exact) mass is 515 g/mol. The van der Waals surface area contributed by atoms with Crippen molar-refractivity contribution in [1.29, 1.82) is 0 Å². The van der Waals surface area contributed by atoms with E-state index in [2.05, 4.69) is 21.5 Å². The van der Waals surface area contributed by atoms with Gasteiger partial charge in [0.1, 0.15) is 0 Å². The lowest BCUT2D eigenvalue weighted by Gasteiger charge is -2.25. The minimum atomic E-state index is -5.50. The Bertz CT molecular complexity index is 1130. The van der Waals surface area contributed by atoms with E-state index in [1.165, 1.54) is 6.08 Å². The van der Waals surface area contributed by atoms with Gasteiger partial charge >= 0.3 is 18.2 Å². The maximum absolute atomic E-state index is 13.1. The first-order valence-electron chi connectivity index (χ1n) is 11.7. The van der Waals surface area contributed by atoms with Crippen molar-refractivity contribution in [2.45, 2.75) is 76.4 Å². The van der Waals surface area contributed by atoms with E-state index in [0.717, 1.165) is 54.4 Å². The lowest BCUT2D eigenvalue weighted by molar-refractivity contribution is -0.216. The molecule has 0 aromatic heterocycles. The number of hydroxylamine groups is 1. The van der Waals surface area contributed by atoms with E-state index in [4.69, 9.17) is 0 Å². The standard InChI is InChI=1S/C23H28F3N3O5S/c1-2-22(10-5-12-27-22)11-13-35(32,33)29(34-20(30)23(24,25)26)21(31)28-19-17-8-3-6-15(17)14-16-7-4-9-18(16)19/h11,13-14,27H,2-10,12H2,1H3,(H,28,31)/b13-11+/t22-/m0/s1. The molecule has 12 heteroatoms. The van der Waals surface area contributed by atoms with Gasteiger partial charge in [-0.05, 0) is 91.1 Å². The Kier molecular flexibility index (Phi) is 6.89. The van der Waals surface area contributed by atoms with E-state index in [9.17, 15) is 31.2 Å². The number of sulfonamides is 1. The first-order valence-corrected chi connectivity index (χ1v) is 13.2. The van der Waals surface area contributed by atoms with E-state index in [0.29, 0.717) is 43.3 Å². The summed E-state index contributed by atoms with van der Waals surface area (Å²) >= 11 is 0. The molecule has 2 aliphatic carbocycles. The SMILES string of the molecule is CC[C@@]1(/C=C/S(=O)(=O)N(OC(=O)C(F)(F)F)C(=O)Nc2c3c(cc4c2CCC4)CCC3)CCCN1. The number of carbonyl (C=O) groups is 2. The molecule has 3 aliphatic rings. The molecule has 0 spiro atoms. The summed E-state index contributed by atoms with van der Waals surface area (Å²) in [4.78, 5) is 28.8. The summed E-state index contributed by atoms with van der Waals surface area (Å²) in [5.41, 5.74) is 3.47. The van der Waals surface area contributed by atoms with Gasteiger partial charge in [-0.1, -0.05) is 19.1 Å². The van der Waals surface area contributed by atoms with E-state index in [1.54, 1.807) is 0 Å². The van der Waals surface area contributed by atoms with Crippen molar-refractivity contribution in [1.82, 2.24) is 9.79 Å². The Hall–Kier alpha value is -2.60. The number of nitrogens with one attached hydrogen (secondary N) is 2. The van der Waals surface area contributed by atoms with Gasteiger partial charge in [-0.2, -0.15) is 21.6 Å². The van der Waals surface area contributed by atoms with E-state index >= 15 is 0 Å². The highest BCUT2D eigenvalue weighted by molar-refractivity contribution is 7.92. The highest BCUT2D eigenvalue weighted by Gasteiger charge is 2.46. The van der Waals surface area contributed by atoms with Crippen molar-refractivity contribution in [3.05, 3.63) is 39.8 Å².